The number of nitrogens with one attached hydrogen (secondary N) is 1. The predicted octanol–water partition coefficient (Wildman–Crippen LogP) is 5.60. The maximum absolute atomic E-state index is 12.6. The fourth-order valence-corrected chi connectivity index (χ4v) is 4.40. The molecule has 2 aromatic carbocycles. The van der Waals surface area contributed by atoms with Crippen LogP contribution in [-0.4, -0.2) is 36.4 Å². The number of aromatic nitrogens is 2. The molecule has 0 saturated carbocycles. The van der Waals surface area contributed by atoms with Gasteiger partial charge in [-0.2, -0.15) is 5.26 Å². The number of benzene rings is 2. The van der Waals surface area contributed by atoms with Crippen LogP contribution in [0.3, 0.4) is 0 Å². The monoisotopic (exact) mass is 568 g/mol. The summed E-state index contributed by atoms with van der Waals surface area (Å²) in [5.41, 5.74) is 1.55. The van der Waals surface area contributed by atoms with E-state index in [0.29, 0.717) is 46.1 Å². The van der Waals surface area contributed by atoms with Gasteiger partial charge in [-0.3, -0.25) is 10.1 Å². The van der Waals surface area contributed by atoms with E-state index in [0.717, 1.165) is 16.3 Å². The number of anilines is 1. The van der Waals surface area contributed by atoms with E-state index in [1.165, 1.54) is 24.5 Å². The van der Waals surface area contributed by atoms with Gasteiger partial charge in [0, 0.05) is 0 Å². The van der Waals surface area contributed by atoms with Crippen molar-refractivity contribution < 1.29 is 19.0 Å². The second-order valence-electron chi connectivity index (χ2n) is 7.31. The number of hydrogen-bond donors (Lipinski definition) is 1. The first-order valence-electron chi connectivity index (χ1n) is 11.1. The number of carbonyl (C=O) groups is 1. The van der Waals surface area contributed by atoms with Gasteiger partial charge in [0.25, 0.3) is 5.91 Å². The molecule has 186 valence electrons. The highest BCUT2D eigenvalue weighted by Crippen LogP contribution is 2.37. The molecule has 0 spiro atoms. The molecule has 1 amide bonds. The highest BCUT2D eigenvalue weighted by atomic mass is 79.9. The standard InChI is InChI=1S/C26H25BrN4O4S/c1-4-8-18-9-6-7-10-21(18)34-11-12-35-24-20(27)14-17(15-22(24)33-3)13-19(16-28)25(32)29-26-31-30-23(5-2)36-26/h4,6-7,9-10,13-15H,1,5,8,11-12H2,2-3H3,(H,29,31,32)/b19-13-. The topological polar surface area (TPSA) is 106 Å². The number of amides is 1. The number of methoxy groups -OCH3 is 1. The molecule has 0 aliphatic rings. The molecular formula is C26H25BrN4O4S. The van der Waals surface area contributed by atoms with Gasteiger partial charge in [-0.25, -0.2) is 0 Å². The average molecular weight is 569 g/mol. The number of hydrogen-bond acceptors (Lipinski definition) is 8. The number of rotatable bonds is 12. The van der Waals surface area contributed by atoms with E-state index < -0.39 is 5.91 Å². The van der Waals surface area contributed by atoms with Crippen molar-refractivity contribution >= 4 is 44.4 Å². The Morgan fingerprint density at radius 1 is 1.22 bits per heavy atom. The zero-order valence-electron chi connectivity index (χ0n) is 19.9. The maximum atomic E-state index is 12.6. The first-order chi connectivity index (χ1) is 17.5. The van der Waals surface area contributed by atoms with E-state index in [4.69, 9.17) is 14.2 Å². The third kappa shape index (κ3) is 7.16. The molecule has 36 heavy (non-hydrogen) atoms. The van der Waals surface area contributed by atoms with Gasteiger partial charge < -0.3 is 14.2 Å². The van der Waals surface area contributed by atoms with Crippen molar-refractivity contribution in [1.29, 1.82) is 5.26 Å². The lowest BCUT2D eigenvalue weighted by molar-refractivity contribution is -0.112. The summed E-state index contributed by atoms with van der Waals surface area (Å²) in [6, 6.07) is 13.1. The number of ether oxygens (including phenoxy) is 3. The minimum atomic E-state index is -0.569. The van der Waals surface area contributed by atoms with Gasteiger partial charge in [0.1, 0.15) is 35.6 Å². The van der Waals surface area contributed by atoms with Gasteiger partial charge >= 0.3 is 0 Å². The number of nitrogens with zero attached hydrogens (tertiary/aromatic N) is 3. The van der Waals surface area contributed by atoms with Crippen LogP contribution >= 0.6 is 27.3 Å². The van der Waals surface area contributed by atoms with Crippen LogP contribution in [0.15, 0.2) is 59.1 Å². The Morgan fingerprint density at radius 2 is 2.00 bits per heavy atom. The fraction of sp³-hybridized carbons (Fsp3) is 0.231. The van der Waals surface area contributed by atoms with Crippen LogP contribution in [0, 0.1) is 11.3 Å². The fourth-order valence-electron chi connectivity index (χ4n) is 3.15. The van der Waals surface area contributed by atoms with Crippen LogP contribution in [0.25, 0.3) is 6.08 Å². The molecule has 0 aliphatic heterocycles. The van der Waals surface area contributed by atoms with E-state index in [1.807, 2.05) is 43.3 Å². The second-order valence-corrected chi connectivity index (χ2v) is 9.23. The van der Waals surface area contributed by atoms with E-state index in [-0.39, 0.29) is 12.2 Å². The summed E-state index contributed by atoms with van der Waals surface area (Å²) in [4.78, 5) is 12.6. The molecule has 8 nitrogen and oxygen atoms in total. The summed E-state index contributed by atoms with van der Waals surface area (Å²) in [7, 11) is 1.52. The van der Waals surface area contributed by atoms with Crippen LogP contribution in [0.2, 0.25) is 0 Å². The first-order valence-corrected chi connectivity index (χ1v) is 12.7. The first kappa shape index (κ1) is 26.9. The van der Waals surface area contributed by atoms with Crippen LogP contribution in [0.5, 0.6) is 17.2 Å². The Morgan fingerprint density at radius 3 is 2.69 bits per heavy atom. The molecule has 1 heterocycles. The van der Waals surface area contributed by atoms with Crippen molar-refractivity contribution in [2.45, 2.75) is 19.8 Å². The average Bonchev–Trinajstić information content (AvgIpc) is 3.34. The quantitative estimate of drug-likeness (QED) is 0.131. The van der Waals surface area contributed by atoms with Crippen LogP contribution in [0.1, 0.15) is 23.1 Å². The lowest BCUT2D eigenvalue weighted by Gasteiger charge is -2.15. The van der Waals surface area contributed by atoms with E-state index in [2.05, 4.69) is 38.0 Å². The Labute approximate surface area is 222 Å². The molecule has 10 heteroatoms. The van der Waals surface area contributed by atoms with E-state index in [1.54, 1.807) is 12.1 Å². The highest BCUT2D eigenvalue weighted by Gasteiger charge is 2.15. The molecule has 0 unspecified atom stereocenters. The SMILES string of the molecule is C=CCc1ccccc1OCCOc1c(Br)cc(/C=C(/C#N)C(=O)Nc2nnc(CC)s2)cc1OC. The summed E-state index contributed by atoms with van der Waals surface area (Å²) in [6.07, 6.45) is 4.73. The molecule has 0 bridgehead atoms. The van der Waals surface area contributed by atoms with Crippen molar-refractivity contribution in [3.05, 3.63) is 75.2 Å². The Hall–Kier alpha value is -3.68. The Bertz CT molecular complexity index is 1300. The van der Waals surface area contributed by atoms with Crippen molar-refractivity contribution in [1.82, 2.24) is 10.2 Å². The smallest absolute Gasteiger partial charge is 0.268 e. The normalized spacial score (nSPS) is 10.9. The number of nitriles is 1. The molecule has 0 saturated heterocycles. The Kier molecular flexibility index (Phi) is 10.0. The zero-order valence-corrected chi connectivity index (χ0v) is 22.3. The molecule has 1 N–H and O–H groups in total. The summed E-state index contributed by atoms with van der Waals surface area (Å²) < 4.78 is 17.9. The molecule has 0 radical (unpaired) electrons. The molecule has 3 aromatic rings. The highest BCUT2D eigenvalue weighted by molar-refractivity contribution is 9.10. The van der Waals surface area contributed by atoms with Gasteiger partial charge in [0.2, 0.25) is 5.13 Å². The molecule has 0 fully saturated rings. The lowest BCUT2D eigenvalue weighted by atomic mass is 10.1. The van der Waals surface area contributed by atoms with Gasteiger partial charge in [-0.15, -0.1) is 16.8 Å². The molecular weight excluding hydrogens is 544 g/mol. The van der Waals surface area contributed by atoms with Gasteiger partial charge in [0.15, 0.2) is 11.5 Å². The minimum absolute atomic E-state index is 0.0857. The Balaban J connectivity index is 1.68. The predicted molar refractivity (Wildman–Crippen MR) is 144 cm³/mol. The zero-order chi connectivity index (χ0) is 25.9. The summed E-state index contributed by atoms with van der Waals surface area (Å²) in [6.45, 7) is 6.33. The van der Waals surface area contributed by atoms with Gasteiger partial charge in [-0.1, -0.05) is 42.5 Å². The summed E-state index contributed by atoms with van der Waals surface area (Å²) >= 11 is 4.76. The second kappa shape index (κ2) is 13.4. The lowest BCUT2D eigenvalue weighted by Crippen LogP contribution is -2.13. The number of allylic oxidation sites excluding steroid dienone is 1. The third-order valence-electron chi connectivity index (χ3n) is 4.84. The van der Waals surface area contributed by atoms with Crippen molar-refractivity contribution in [3.8, 4) is 23.3 Å². The van der Waals surface area contributed by atoms with Crippen LogP contribution < -0.4 is 19.5 Å². The number of para-hydroxylation sites is 1. The van der Waals surface area contributed by atoms with E-state index >= 15 is 0 Å². The third-order valence-corrected chi connectivity index (χ3v) is 6.41. The number of carbonyl (C=O) groups excluding carboxylic acids is 1. The molecule has 1 aromatic heterocycles. The largest absolute Gasteiger partial charge is 0.493 e. The van der Waals surface area contributed by atoms with Gasteiger partial charge in [-0.05, 0) is 64.2 Å². The number of aryl methyl sites for hydroxylation is 1. The summed E-state index contributed by atoms with van der Waals surface area (Å²) in [5, 5.41) is 21.2. The maximum Gasteiger partial charge on any atom is 0.268 e. The van der Waals surface area contributed by atoms with E-state index in [9.17, 15) is 10.1 Å². The molecule has 0 aliphatic carbocycles. The summed E-state index contributed by atoms with van der Waals surface area (Å²) in [5.74, 6) is 1.15. The molecule has 0 atom stereocenters. The van der Waals surface area contributed by atoms with Gasteiger partial charge in [0.05, 0.1) is 11.6 Å². The van der Waals surface area contributed by atoms with Crippen LogP contribution in [-0.2, 0) is 17.6 Å². The van der Waals surface area contributed by atoms with Crippen molar-refractivity contribution in [3.63, 3.8) is 0 Å². The number of halogens is 1. The molecule has 3 rings (SSSR count). The van der Waals surface area contributed by atoms with Crippen molar-refractivity contribution in [2.24, 2.45) is 0 Å². The van der Waals surface area contributed by atoms with Crippen LogP contribution in [0.4, 0.5) is 5.13 Å². The minimum Gasteiger partial charge on any atom is -0.493 e. The van der Waals surface area contributed by atoms with Crippen molar-refractivity contribution in [2.75, 3.05) is 25.6 Å².